The summed E-state index contributed by atoms with van der Waals surface area (Å²) in [5.41, 5.74) is 0.377. The fraction of sp³-hybridized carbons (Fsp3) is 0.882. The van der Waals surface area contributed by atoms with Crippen molar-refractivity contribution in [3.05, 3.63) is 0 Å². The van der Waals surface area contributed by atoms with Gasteiger partial charge in [0, 0.05) is 11.8 Å². The molecule has 0 spiro atoms. The molecule has 0 aromatic rings. The highest BCUT2D eigenvalue weighted by atomic mass is 16.1. The minimum absolute atomic E-state index is 0.317. The smallest absolute Gasteiger partial charge is 0.123 e. The molecule has 0 aliphatic heterocycles. The number of carbonyl (C=O) groups is 2. The summed E-state index contributed by atoms with van der Waals surface area (Å²) in [6, 6.07) is 0. The molecule has 0 saturated heterocycles. The molecule has 2 fully saturated rings. The van der Waals surface area contributed by atoms with E-state index >= 15 is 0 Å². The van der Waals surface area contributed by atoms with Crippen molar-refractivity contribution in [3.8, 4) is 0 Å². The van der Waals surface area contributed by atoms with Crippen LogP contribution in [0.2, 0.25) is 0 Å². The molecule has 2 aliphatic rings. The summed E-state index contributed by atoms with van der Waals surface area (Å²) in [4.78, 5) is 21.7. The molecule has 0 aromatic heterocycles. The minimum atomic E-state index is 0.317. The van der Waals surface area contributed by atoms with Crippen LogP contribution in [0.4, 0.5) is 0 Å². The van der Waals surface area contributed by atoms with Gasteiger partial charge in [-0.1, -0.05) is 13.8 Å². The lowest BCUT2D eigenvalue weighted by molar-refractivity contribution is -0.112. The Kier molecular flexibility index (Phi) is 4.81. The van der Waals surface area contributed by atoms with Gasteiger partial charge in [0.05, 0.1) is 0 Å². The van der Waals surface area contributed by atoms with Gasteiger partial charge >= 0.3 is 0 Å². The number of rotatable bonds is 4. The zero-order valence-corrected chi connectivity index (χ0v) is 12.4. The topological polar surface area (TPSA) is 34.1 Å². The van der Waals surface area contributed by atoms with Crippen LogP contribution in [-0.2, 0) is 9.59 Å². The third-order valence-corrected chi connectivity index (χ3v) is 6.03. The molecule has 0 bridgehead atoms. The van der Waals surface area contributed by atoms with Crippen LogP contribution in [-0.4, -0.2) is 12.6 Å². The Morgan fingerprint density at radius 3 is 1.26 bits per heavy atom. The van der Waals surface area contributed by atoms with Crippen molar-refractivity contribution in [1.29, 1.82) is 0 Å². The number of carbonyl (C=O) groups excluding carboxylic acids is 2. The second kappa shape index (κ2) is 6.19. The molecule has 2 saturated carbocycles. The van der Waals surface area contributed by atoms with Gasteiger partial charge in [-0.25, -0.2) is 0 Å². The summed E-state index contributed by atoms with van der Waals surface area (Å²) in [6.07, 6.45) is 11.5. The first kappa shape index (κ1) is 14.7. The molecule has 2 nitrogen and oxygen atoms in total. The van der Waals surface area contributed by atoms with Crippen LogP contribution in [0.15, 0.2) is 0 Å². The van der Waals surface area contributed by atoms with Crippen LogP contribution in [0, 0.1) is 29.1 Å². The Morgan fingerprint density at radius 2 is 1.00 bits per heavy atom. The first-order chi connectivity index (χ1) is 9.07. The Labute approximate surface area is 117 Å². The maximum Gasteiger partial charge on any atom is 0.123 e. The normalized spacial score (nSPS) is 36.7. The van der Waals surface area contributed by atoms with Crippen molar-refractivity contribution in [2.75, 3.05) is 0 Å². The van der Waals surface area contributed by atoms with E-state index in [4.69, 9.17) is 0 Å². The highest BCUT2D eigenvalue weighted by Gasteiger charge is 2.40. The average molecular weight is 264 g/mol. The molecule has 2 rings (SSSR count). The van der Waals surface area contributed by atoms with Gasteiger partial charge in [0.1, 0.15) is 12.6 Å². The molecule has 19 heavy (non-hydrogen) atoms. The van der Waals surface area contributed by atoms with Crippen LogP contribution >= 0.6 is 0 Å². The van der Waals surface area contributed by atoms with Crippen molar-refractivity contribution < 1.29 is 9.59 Å². The highest BCUT2D eigenvalue weighted by molar-refractivity contribution is 5.53. The van der Waals surface area contributed by atoms with Crippen LogP contribution in [0.3, 0.4) is 0 Å². The number of hydrogen-bond acceptors (Lipinski definition) is 2. The standard InChI is InChI=1S/C17H28O2/c1-17(2,15-7-3-13(11-18)4-8-15)16-9-5-14(12-19)6-10-16/h11-16H,3-10H2,1-2H3. The molecule has 0 amide bonds. The van der Waals surface area contributed by atoms with Crippen molar-refractivity contribution in [2.45, 2.75) is 65.2 Å². The number of hydrogen-bond donors (Lipinski definition) is 0. The lowest BCUT2D eigenvalue weighted by Gasteiger charge is -2.46. The summed E-state index contributed by atoms with van der Waals surface area (Å²) < 4.78 is 0. The molecular formula is C17H28O2. The summed E-state index contributed by atoms with van der Waals surface area (Å²) in [5.74, 6) is 2.17. The van der Waals surface area contributed by atoms with Gasteiger partial charge in [-0.05, 0) is 68.6 Å². The molecule has 0 heterocycles. The van der Waals surface area contributed by atoms with Crippen molar-refractivity contribution in [3.63, 3.8) is 0 Å². The van der Waals surface area contributed by atoms with Gasteiger partial charge < -0.3 is 9.59 Å². The molecule has 0 N–H and O–H groups in total. The van der Waals surface area contributed by atoms with E-state index in [9.17, 15) is 9.59 Å². The lowest BCUT2D eigenvalue weighted by atomic mass is 9.59. The van der Waals surface area contributed by atoms with E-state index in [2.05, 4.69) is 13.8 Å². The predicted molar refractivity (Wildman–Crippen MR) is 76.8 cm³/mol. The van der Waals surface area contributed by atoms with E-state index < -0.39 is 0 Å². The van der Waals surface area contributed by atoms with E-state index in [1.54, 1.807) is 0 Å². The summed E-state index contributed by atoms with van der Waals surface area (Å²) in [6.45, 7) is 4.84. The van der Waals surface area contributed by atoms with Gasteiger partial charge in [-0.15, -0.1) is 0 Å². The quantitative estimate of drug-likeness (QED) is 0.719. The Hall–Kier alpha value is -0.660. The zero-order valence-electron chi connectivity index (χ0n) is 12.4. The van der Waals surface area contributed by atoms with Gasteiger partial charge in [-0.3, -0.25) is 0 Å². The maximum absolute atomic E-state index is 10.9. The van der Waals surface area contributed by atoms with Crippen LogP contribution < -0.4 is 0 Å². The molecule has 0 atom stereocenters. The first-order valence-electron chi connectivity index (χ1n) is 7.98. The van der Waals surface area contributed by atoms with Gasteiger partial charge in [-0.2, -0.15) is 0 Å². The Morgan fingerprint density at radius 1 is 0.684 bits per heavy atom. The Balaban J connectivity index is 1.91. The van der Waals surface area contributed by atoms with Gasteiger partial charge in [0.25, 0.3) is 0 Å². The minimum Gasteiger partial charge on any atom is -0.303 e. The fourth-order valence-corrected chi connectivity index (χ4v) is 4.33. The van der Waals surface area contributed by atoms with Crippen LogP contribution in [0.5, 0.6) is 0 Å². The summed E-state index contributed by atoms with van der Waals surface area (Å²) in [5, 5.41) is 0. The molecule has 108 valence electrons. The molecular weight excluding hydrogens is 236 g/mol. The third-order valence-electron chi connectivity index (χ3n) is 6.03. The summed E-state index contributed by atoms with van der Waals surface area (Å²) >= 11 is 0. The largest absolute Gasteiger partial charge is 0.303 e. The first-order valence-corrected chi connectivity index (χ1v) is 7.98. The fourth-order valence-electron chi connectivity index (χ4n) is 4.33. The molecule has 0 aromatic carbocycles. The van der Waals surface area contributed by atoms with Crippen molar-refractivity contribution >= 4 is 12.6 Å². The molecule has 0 radical (unpaired) electrons. The molecule has 0 unspecified atom stereocenters. The maximum atomic E-state index is 10.9. The Bertz CT molecular complexity index is 275. The average Bonchev–Trinajstić information content (AvgIpc) is 2.47. The zero-order chi connectivity index (χ0) is 13.9. The second-order valence-corrected chi connectivity index (χ2v) is 7.32. The molecule has 2 aliphatic carbocycles. The second-order valence-electron chi connectivity index (χ2n) is 7.32. The molecule has 2 heteroatoms. The van der Waals surface area contributed by atoms with E-state index in [0.29, 0.717) is 17.3 Å². The predicted octanol–water partition coefficient (Wildman–Crippen LogP) is 4.02. The number of aldehydes is 2. The highest BCUT2D eigenvalue weighted by Crippen LogP contribution is 2.49. The monoisotopic (exact) mass is 264 g/mol. The SMILES string of the molecule is CC(C)(C1CCC(C=O)CC1)C1CCC(C=O)CC1. The van der Waals surface area contributed by atoms with E-state index in [1.807, 2.05) is 0 Å². The van der Waals surface area contributed by atoms with Crippen molar-refractivity contribution in [1.82, 2.24) is 0 Å². The third kappa shape index (κ3) is 3.27. The lowest BCUT2D eigenvalue weighted by Crippen LogP contribution is -2.37. The van der Waals surface area contributed by atoms with Crippen LogP contribution in [0.1, 0.15) is 65.2 Å². The van der Waals surface area contributed by atoms with E-state index in [-0.39, 0.29) is 0 Å². The van der Waals surface area contributed by atoms with Crippen LogP contribution in [0.25, 0.3) is 0 Å². The van der Waals surface area contributed by atoms with Gasteiger partial charge in [0.2, 0.25) is 0 Å². The van der Waals surface area contributed by atoms with E-state index in [0.717, 1.165) is 50.1 Å². The summed E-state index contributed by atoms with van der Waals surface area (Å²) in [7, 11) is 0. The van der Waals surface area contributed by atoms with E-state index in [1.165, 1.54) is 25.7 Å². The van der Waals surface area contributed by atoms with Crippen molar-refractivity contribution in [2.24, 2.45) is 29.1 Å². The van der Waals surface area contributed by atoms with Gasteiger partial charge in [0.15, 0.2) is 0 Å².